The number of carbonyl (C=O) groups is 4. The van der Waals surface area contributed by atoms with Gasteiger partial charge in [-0.3, -0.25) is 19.2 Å². The number of hydrogen-bond acceptors (Lipinski definition) is 5. The molecule has 0 heterocycles. The first-order valence-electron chi connectivity index (χ1n) is 8.07. The topological polar surface area (TPSA) is 104 Å². The van der Waals surface area contributed by atoms with Crippen LogP contribution in [0.5, 0.6) is 0 Å². The molecular weight excluding hydrogens is 298 g/mol. The van der Waals surface area contributed by atoms with Crippen LogP contribution in [0.25, 0.3) is 0 Å². The van der Waals surface area contributed by atoms with E-state index in [0.29, 0.717) is 6.42 Å². The third-order valence-electron chi connectivity index (χ3n) is 3.84. The molecule has 3 atom stereocenters. The lowest BCUT2D eigenvalue weighted by atomic mass is 9.96. The van der Waals surface area contributed by atoms with Gasteiger partial charge in [0.1, 0.15) is 0 Å². The minimum absolute atomic E-state index is 0.00649. The average molecular weight is 327 g/mol. The molecule has 0 aromatic carbocycles. The molecule has 23 heavy (non-hydrogen) atoms. The van der Waals surface area contributed by atoms with E-state index in [-0.39, 0.29) is 18.2 Å². The van der Waals surface area contributed by atoms with E-state index >= 15 is 0 Å². The molecule has 0 spiro atoms. The van der Waals surface area contributed by atoms with Gasteiger partial charge >= 0.3 is 0 Å². The second kappa shape index (κ2) is 10.9. The molecule has 0 aliphatic heterocycles. The molecule has 7 nitrogen and oxygen atoms in total. The Morgan fingerprint density at radius 2 is 1.70 bits per heavy atom. The normalized spacial score (nSPS) is 14.5. The Balaban J connectivity index is 4.49. The molecule has 0 saturated carbocycles. The van der Waals surface area contributed by atoms with Gasteiger partial charge in [0.2, 0.25) is 11.7 Å². The zero-order chi connectivity index (χ0) is 18.0. The maximum atomic E-state index is 11.9. The first-order valence-corrected chi connectivity index (χ1v) is 8.07. The van der Waals surface area contributed by atoms with Crippen LogP contribution in [-0.2, 0) is 19.2 Å². The van der Waals surface area contributed by atoms with Crippen molar-refractivity contribution in [3.05, 3.63) is 0 Å². The summed E-state index contributed by atoms with van der Waals surface area (Å²) in [5, 5.41) is 7.69. The molecule has 0 aromatic rings. The second-order valence-corrected chi connectivity index (χ2v) is 5.72. The molecule has 3 unspecified atom stereocenters. The van der Waals surface area contributed by atoms with Crippen LogP contribution in [0.4, 0.5) is 0 Å². The quantitative estimate of drug-likeness (QED) is 0.470. The molecule has 0 fully saturated rings. The molecule has 0 aliphatic carbocycles. The van der Waals surface area contributed by atoms with Crippen molar-refractivity contribution in [1.82, 2.24) is 16.0 Å². The van der Waals surface area contributed by atoms with E-state index in [0.717, 1.165) is 12.8 Å². The largest absolute Gasteiger partial charge is 0.345 e. The lowest BCUT2D eigenvalue weighted by Gasteiger charge is -2.21. The Hall–Kier alpha value is -1.76. The lowest BCUT2D eigenvalue weighted by Crippen LogP contribution is -2.50. The van der Waals surface area contributed by atoms with Gasteiger partial charge in [0.05, 0.1) is 18.6 Å². The number of rotatable bonds is 11. The number of likely N-dealkylation sites (N-methyl/N-ethyl adjacent to an activating group) is 1. The first kappa shape index (κ1) is 21.2. The molecule has 0 bridgehead atoms. The van der Waals surface area contributed by atoms with Crippen LogP contribution in [0.3, 0.4) is 0 Å². The van der Waals surface area contributed by atoms with Crippen LogP contribution in [0.2, 0.25) is 0 Å². The van der Waals surface area contributed by atoms with E-state index in [1.807, 2.05) is 20.8 Å². The fourth-order valence-electron chi connectivity index (χ4n) is 2.21. The molecule has 132 valence electrons. The Bertz CT molecular complexity index is 437. The molecule has 2 amide bonds. The summed E-state index contributed by atoms with van der Waals surface area (Å²) in [6.45, 7) is 6.81. The predicted molar refractivity (Wildman–Crippen MR) is 87.8 cm³/mol. The summed E-state index contributed by atoms with van der Waals surface area (Å²) < 4.78 is 0. The Labute approximate surface area is 138 Å². The highest BCUT2D eigenvalue weighted by molar-refractivity contribution is 6.38. The molecule has 0 rings (SSSR count). The Morgan fingerprint density at radius 3 is 2.13 bits per heavy atom. The van der Waals surface area contributed by atoms with E-state index in [9.17, 15) is 19.2 Å². The molecule has 0 radical (unpaired) electrons. The lowest BCUT2D eigenvalue weighted by molar-refractivity contribution is -0.139. The minimum Gasteiger partial charge on any atom is -0.345 e. The van der Waals surface area contributed by atoms with Gasteiger partial charge in [0.25, 0.3) is 5.91 Å². The van der Waals surface area contributed by atoms with E-state index < -0.39 is 29.7 Å². The van der Waals surface area contributed by atoms with Gasteiger partial charge in [0, 0.05) is 0 Å². The summed E-state index contributed by atoms with van der Waals surface area (Å²) in [6, 6.07) is -1.13. The van der Waals surface area contributed by atoms with Crippen LogP contribution in [0.15, 0.2) is 0 Å². The first-order chi connectivity index (χ1) is 10.8. The summed E-state index contributed by atoms with van der Waals surface area (Å²) in [6.07, 6.45) is 2.06. The third kappa shape index (κ3) is 7.36. The molecule has 0 saturated heterocycles. The number of Topliss-reactive ketones (excluding diaryl/α,β-unsaturated/α-hetero) is 2. The zero-order valence-corrected chi connectivity index (χ0v) is 14.7. The highest BCUT2D eigenvalue weighted by Crippen LogP contribution is 2.08. The monoisotopic (exact) mass is 327 g/mol. The summed E-state index contributed by atoms with van der Waals surface area (Å²) >= 11 is 0. The van der Waals surface area contributed by atoms with Crippen molar-refractivity contribution in [2.75, 3.05) is 13.6 Å². The van der Waals surface area contributed by atoms with Crippen LogP contribution in [0, 0.1) is 5.92 Å². The third-order valence-corrected chi connectivity index (χ3v) is 3.84. The van der Waals surface area contributed by atoms with Gasteiger partial charge in [0.15, 0.2) is 5.78 Å². The van der Waals surface area contributed by atoms with Crippen LogP contribution in [0.1, 0.15) is 47.0 Å². The number of ketones is 2. The van der Waals surface area contributed by atoms with Crippen LogP contribution in [-0.4, -0.2) is 49.1 Å². The second-order valence-electron chi connectivity index (χ2n) is 5.72. The fourth-order valence-corrected chi connectivity index (χ4v) is 2.21. The van der Waals surface area contributed by atoms with Crippen molar-refractivity contribution in [1.29, 1.82) is 0 Å². The maximum absolute atomic E-state index is 11.9. The predicted octanol–water partition coefficient (Wildman–Crippen LogP) is 0.180. The van der Waals surface area contributed by atoms with Crippen LogP contribution >= 0.6 is 0 Å². The van der Waals surface area contributed by atoms with E-state index in [1.165, 1.54) is 6.92 Å². The standard InChI is InChI=1S/C16H29N3O4/c1-6-8-12(17-5)15(22)16(23)18-9-13(21)19-14(11(4)20)10(3)7-2/h10,12,14,17H,6-9H2,1-5H3,(H,18,23)(H,19,21). The summed E-state index contributed by atoms with van der Waals surface area (Å²) in [7, 11) is 1.61. The fraction of sp³-hybridized carbons (Fsp3) is 0.750. The Morgan fingerprint density at radius 1 is 1.09 bits per heavy atom. The summed E-state index contributed by atoms with van der Waals surface area (Å²) in [5.74, 6) is -1.99. The molecular formula is C16H29N3O4. The van der Waals surface area contributed by atoms with Gasteiger partial charge in [-0.25, -0.2) is 0 Å². The number of carbonyl (C=O) groups excluding carboxylic acids is 4. The van der Waals surface area contributed by atoms with E-state index in [2.05, 4.69) is 16.0 Å². The van der Waals surface area contributed by atoms with Crippen molar-refractivity contribution in [3.8, 4) is 0 Å². The zero-order valence-electron chi connectivity index (χ0n) is 14.7. The van der Waals surface area contributed by atoms with Gasteiger partial charge < -0.3 is 16.0 Å². The maximum Gasteiger partial charge on any atom is 0.289 e. The van der Waals surface area contributed by atoms with Crippen molar-refractivity contribution in [2.24, 2.45) is 5.92 Å². The Kier molecular flexibility index (Phi) is 10.0. The van der Waals surface area contributed by atoms with Gasteiger partial charge in [-0.15, -0.1) is 0 Å². The molecule has 7 heteroatoms. The van der Waals surface area contributed by atoms with Crippen molar-refractivity contribution in [2.45, 2.75) is 59.0 Å². The molecule has 3 N–H and O–H groups in total. The highest BCUT2D eigenvalue weighted by Gasteiger charge is 2.25. The van der Waals surface area contributed by atoms with Crippen molar-refractivity contribution >= 4 is 23.4 Å². The van der Waals surface area contributed by atoms with Crippen molar-refractivity contribution < 1.29 is 19.2 Å². The summed E-state index contributed by atoms with van der Waals surface area (Å²) in [4.78, 5) is 47.1. The minimum atomic E-state index is -0.795. The average Bonchev–Trinajstić information content (AvgIpc) is 2.53. The number of hydrogen-bond donors (Lipinski definition) is 3. The molecule has 0 aromatic heterocycles. The van der Waals surface area contributed by atoms with Gasteiger partial charge in [-0.1, -0.05) is 33.6 Å². The van der Waals surface area contributed by atoms with E-state index in [4.69, 9.17) is 0 Å². The van der Waals surface area contributed by atoms with Crippen LogP contribution < -0.4 is 16.0 Å². The number of nitrogens with one attached hydrogen (secondary N) is 3. The number of amides is 2. The van der Waals surface area contributed by atoms with E-state index in [1.54, 1.807) is 7.05 Å². The summed E-state index contributed by atoms with van der Waals surface area (Å²) in [5.41, 5.74) is 0. The van der Waals surface area contributed by atoms with Crippen molar-refractivity contribution in [3.63, 3.8) is 0 Å². The highest BCUT2D eigenvalue weighted by atomic mass is 16.2. The van der Waals surface area contributed by atoms with Gasteiger partial charge in [-0.05, 0) is 26.3 Å². The van der Waals surface area contributed by atoms with Gasteiger partial charge in [-0.2, -0.15) is 0 Å². The smallest absolute Gasteiger partial charge is 0.289 e. The molecule has 0 aliphatic rings. The SMILES string of the molecule is CCCC(NC)C(=O)C(=O)NCC(=O)NC(C(C)=O)C(C)CC.